The predicted octanol–water partition coefficient (Wildman–Crippen LogP) is -1.48. The number of fused-ring (bicyclic) bond motifs is 1. The molecule has 0 spiro atoms. The van der Waals surface area contributed by atoms with Gasteiger partial charge in [0.25, 0.3) is 5.91 Å². The average molecular weight is 268 g/mol. The molecule has 2 rings (SSSR count). The summed E-state index contributed by atoms with van der Waals surface area (Å²) in [5.74, 6) is -0.258. The first-order valence-corrected chi connectivity index (χ1v) is 6.14. The third kappa shape index (κ3) is 3.15. The summed E-state index contributed by atoms with van der Waals surface area (Å²) in [6, 6.07) is -0.693. The first-order valence-electron chi connectivity index (χ1n) is 6.14. The quantitative estimate of drug-likeness (QED) is 0.563. The summed E-state index contributed by atoms with van der Waals surface area (Å²) in [4.78, 5) is 32.4. The van der Waals surface area contributed by atoms with Gasteiger partial charge in [-0.2, -0.15) is 4.99 Å². The number of amides is 3. The number of nitrogens with one attached hydrogen (secondary N) is 1. The molecular formula is C11H16N4O4. The van der Waals surface area contributed by atoms with E-state index in [-0.39, 0.29) is 18.2 Å². The van der Waals surface area contributed by atoms with Gasteiger partial charge in [-0.15, -0.1) is 0 Å². The summed E-state index contributed by atoms with van der Waals surface area (Å²) in [7, 11) is 0. The van der Waals surface area contributed by atoms with E-state index in [1.165, 1.54) is 0 Å². The second-order valence-corrected chi connectivity index (χ2v) is 4.37. The molecule has 0 radical (unpaired) electrons. The molecule has 1 atom stereocenters. The smallest absolute Gasteiger partial charge is 0.349 e. The van der Waals surface area contributed by atoms with Crippen LogP contribution >= 0.6 is 0 Å². The third-order valence-electron chi connectivity index (χ3n) is 2.99. The summed E-state index contributed by atoms with van der Waals surface area (Å²) < 4.78 is 0. The number of carbonyl (C=O) groups excluding carboxylic acids is 2. The Morgan fingerprint density at radius 1 is 1.37 bits per heavy atom. The number of urea groups is 1. The Morgan fingerprint density at radius 2 is 2.16 bits per heavy atom. The molecule has 2 aliphatic heterocycles. The largest absolute Gasteiger partial charge is 0.396 e. The SMILES string of the molecule is O=C1N=C2C(=NCCN2CCC(O)CCO)C(=O)N1. The molecule has 8 heteroatoms. The normalized spacial score (nSPS) is 20.4. The number of nitrogens with zero attached hydrogens (tertiary/aromatic N) is 3. The molecule has 0 aromatic heterocycles. The lowest BCUT2D eigenvalue weighted by Gasteiger charge is -2.31. The Bertz CT molecular complexity index is 446. The number of aliphatic hydroxyl groups excluding tert-OH is 2. The number of aliphatic hydroxyl groups is 2. The maximum absolute atomic E-state index is 11.6. The summed E-state index contributed by atoms with van der Waals surface area (Å²) in [5, 5.41) is 20.4. The van der Waals surface area contributed by atoms with Crippen molar-refractivity contribution in [3.05, 3.63) is 0 Å². The highest BCUT2D eigenvalue weighted by atomic mass is 16.3. The van der Waals surface area contributed by atoms with Crippen molar-refractivity contribution in [1.29, 1.82) is 0 Å². The third-order valence-corrected chi connectivity index (χ3v) is 2.99. The molecule has 0 fully saturated rings. The zero-order valence-electron chi connectivity index (χ0n) is 10.4. The zero-order chi connectivity index (χ0) is 13.8. The molecule has 0 bridgehead atoms. The highest BCUT2D eigenvalue weighted by molar-refractivity contribution is 6.69. The zero-order valence-corrected chi connectivity index (χ0v) is 10.4. The summed E-state index contributed by atoms with van der Waals surface area (Å²) in [6.07, 6.45) is 0.129. The van der Waals surface area contributed by atoms with Crippen LogP contribution in [0.4, 0.5) is 4.79 Å². The summed E-state index contributed by atoms with van der Waals surface area (Å²) in [6.45, 7) is 1.39. The minimum atomic E-state index is -0.693. The lowest BCUT2D eigenvalue weighted by Crippen LogP contribution is -2.53. The van der Waals surface area contributed by atoms with Gasteiger partial charge in [-0.3, -0.25) is 15.1 Å². The number of imide groups is 1. The van der Waals surface area contributed by atoms with Crippen LogP contribution in [0.2, 0.25) is 0 Å². The van der Waals surface area contributed by atoms with Crippen molar-refractivity contribution in [2.24, 2.45) is 9.98 Å². The second kappa shape index (κ2) is 5.89. The highest BCUT2D eigenvalue weighted by Gasteiger charge is 2.32. The molecule has 104 valence electrons. The fraction of sp³-hybridized carbons (Fsp3) is 0.636. The fourth-order valence-corrected chi connectivity index (χ4v) is 2.00. The molecule has 3 amide bonds. The first kappa shape index (κ1) is 13.6. The molecule has 19 heavy (non-hydrogen) atoms. The molecule has 0 aliphatic carbocycles. The molecular weight excluding hydrogens is 252 g/mol. The van der Waals surface area contributed by atoms with Gasteiger partial charge < -0.3 is 15.1 Å². The lowest BCUT2D eigenvalue weighted by molar-refractivity contribution is -0.113. The van der Waals surface area contributed by atoms with Crippen LogP contribution in [-0.4, -0.2) is 70.9 Å². The van der Waals surface area contributed by atoms with Crippen molar-refractivity contribution in [2.75, 3.05) is 26.2 Å². The number of hydrogen-bond donors (Lipinski definition) is 3. The van der Waals surface area contributed by atoms with Gasteiger partial charge in [0.05, 0.1) is 12.6 Å². The average Bonchev–Trinajstić information content (AvgIpc) is 2.36. The molecule has 3 N–H and O–H groups in total. The Kier molecular flexibility index (Phi) is 4.23. The number of rotatable bonds is 5. The number of aliphatic imine (C=N–C) groups is 2. The molecule has 2 aliphatic rings. The predicted molar refractivity (Wildman–Crippen MR) is 67.2 cm³/mol. The van der Waals surface area contributed by atoms with E-state index >= 15 is 0 Å². The molecule has 0 saturated heterocycles. The van der Waals surface area contributed by atoms with Crippen molar-refractivity contribution in [2.45, 2.75) is 18.9 Å². The van der Waals surface area contributed by atoms with Crippen LogP contribution in [0.1, 0.15) is 12.8 Å². The first-order chi connectivity index (χ1) is 9.11. The Hall–Kier alpha value is -1.80. The van der Waals surface area contributed by atoms with Crippen LogP contribution < -0.4 is 5.32 Å². The van der Waals surface area contributed by atoms with Crippen LogP contribution in [-0.2, 0) is 4.79 Å². The Labute approximate surface area is 109 Å². The minimum Gasteiger partial charge on any atom is -0.396 e. The number of carbonyl (C=O) groups is 2. The number of hydrogen-bond acceptors (Lipinski definition) is 6. The van der Waals surface area contributed by atoms with Gasteiger partial charge in [-0.1, -0.05) is 0 Å². The van der Waals surface area contributed by atoms with Crippen LogP contribution in [0.25, 0.3) is 0 Å². The van der Waals surface area contributed by atoms with Gasteiger partial charge in [0, 0.05) is 19.7 Å². The van der Waals surface area contributed by atoms with Crippen LogP contribution in [0.3, 0.4) is 0 Å². The minimum absolute atomic E-state index is 0.0737. The molecule has 2 heterocycles. The van der Waals surface area contributed by atoms with Crippen molar-refractivity contribution in [3.63, 3.8) is 0 Å². The molecule has 0 aromatic carbocycles. The van der Waals surface area contributed by atoms with Crippen molar-refractivity contribution < 1.29 is 19.8 Å². The molecule has 1 unspecified atom stereocenters. The van der Waals surface area contributed by atoms with E-state index in [4.69, 9.17) is 5.11 Å². The Balaban J connectivity index is 2.04. The number of amidine groups is 1. The van der Waals surface area contributed by atoms with E-state index in [9.17, 15) is 14.7 Å². The van der Waals surface area contributed by atoms with Gasteiger partial charge in [-0.05, 0) is 12.8 Å². The maximum atomic E-state index is 11.6. The van der Waals surface area contributed by atoms with E-state index in [0.29, 0.717) is 32.5 Å². The maximum Gasteiger partial charge on any atom is 0.349 e. The fourth-order valence-electron chi connectivity index (χ4n) is 2.00. The second-order valence-electron chi connectivity index (χ2n) is 4.37. The lowest BCUT2D eigenvalue weighted by atomic mass is 10.1. The van der Waals surface area contributed by atoms with Crippen molar-refractivity contribution in [3.8, 4) is 0 Å². The van der Waals surface area contributed by atoms with Gasteiger partial charge in [0.15, 0.2) is 11.5 Å². The van der Waals surface area contributed by atoms with E-state index in [0.717, 1.165) is 0 Å². The van der Waals surface area contributed by atoms with E-state index < -0.39 is 18.0 Å². The van der Waals surface area contributed by atoms with Gasteiger partial charge in [0.1, 0.15) is 0 Å². The topological polar surface area (TPSA) is 115 Å². The van der Waals surface area contributed by atoms with E-state index in [1.54, 1.807) is 4.90 Å². The molecule has 0 saturated carbocycles. The van der Waals surface area contributed by atoms with Crippen LogP contribution in [0.5, 0.6) is 0 Å². The monoisotopic (exact) mass is 268 g/mol. The van der Waals surface area contributed by atoms with Crippen LogP contribution in [0, 0.1) is 0 Å². The van der Waals surface area contributed by atoms with Crippen molar-refractivity contribution >= 4 is 23.5 Å². The van der Waals surface area contributed by atoms with Gasteiger partial charge in [-0.25, -0.2) is 4.79 Å². The summed E-state index contributed by atoms with van der Waals surface area (Å²) in [5.41, 5.74) is 0.169. The summed E-state index contributed by atoms with van der Waals surface area (Å²) >= 11 is 0. The Morgan fingerprint density at radius 3 is 2.89 bits per heavy atom. The van der Waals surface area contributed by atoms with Gasteiger partial charge in [0.2, 0.25) is 0 Å². The van der Waals surface area contributed by atoms with Crippen LogP contribution in [0.15, 0.2) is 9.98 Å². The van der Waals surface area contributed by atoms with Crippen molar-refractivity contribution in [1.82, 2.24) is 10.2 Å². The van der Waals surface area contributed by atoms with E-state index in [2.05, 4.69) is 15.3 Å². The molecule has 8 nitrogen and oxygen atoms in total. The highest BCUT2D eigenvalue weighted by Crippen LogP contribution is 2.09. The molecule has 0 aromatic rings. The van der Waals surface area contributed by atoms with E-state index in [1.807, 2.05) is 0 Å². The van der Waals surface area contributed by atoms with Gasteiger partial charge >= 0.3 is 6.03 Å². The standard InChI is InChI=1S/C11H16N4O4/c16-6-2-7(17)1-4-15-5-3-12-8-9(15)13-11(19)14-10(8)18/h7,16-17H,1-6H2,(H,14,18,19).